The van der Waals surface area contributed by atoms with Crippen LogP contribution in [-0.2, 0) is 13.0 Å². The number of nitrogens with zero attached hydrogens (tertiary/aromatic N) is 2. The molecule has 0 bridgehead atoms. The predicted molar refractivity (Wildman–Crippen MR) is 118 cm³/mol. The zero-order valence-corrected chi connectivity index (χ0v) is 17.8. The maximum absolute atomic E-state index is 13.2. The zero-order valence-electron chi connectivity index (χ0n) is 16.3. The lowest BCUT2D eigenvalue weighted by molar-refractivity contribution is 0.0734. The molecule has 0 saturated carbocycles. The molecule has 3 aromatic rings. The van der Waals surface area contributed by atoms with Crippen LogP contribution < -0.4 is 4.74 Å². The van der Waals surface area contributed by atoms with E-state index in [-0.39, 0.29) is 5.91 Å². The number of hydrogen-bond donors (Lipinski definition) is 0. The molecule has 4 nitrogen and oxygen atoms in total. The summed E-state index contributed by atoms with van der Waals surface area (Å²) < 4.78 is 5.41. The Kier molecular flexibility index (Phi) is 5.94. The summed E-state index contributed by atoms with van der Waals surface area (Å²) in [7, 11) is 1.58. The van der Waals surface area contributed by atoms with Gasteiger partial charge in [0.25, 0.3) is 5.91 Å². The van der Waals surface area contributed by atoms with Gasteiger partial charge in [0.05, 0.1) is 12.7 Å². The Bertz CT molecular complexity index is 1170. The van der Waals surface area contributed by atoms with Gasteiger partial charge in [0, 0.05) is 34.9 Å². The Labute approximate surface area is 185 Å². The van der Waals surface area contributed by atoms with E-state index >= 15 is 0 Å². The number of halogens is 2. The third-order valence-electron chi connectivity index (χ3n) is 4.97. The first-order chi connectivity index (χ1) is 14.5. The topological polar surface area (TPSA) is 42.4 Å². The fourth-order valence-corrected chi connectivity index (χ4v) is 4.10. The van der Waals surface area contributed by atoms with Gasteiger partial charge >= 0.3 is 0 Å². The smallest absolute Gasteiger partial charge is 0.254 e. The number of amides is 1. The number of aromatic nitrogens is 1. The van der Waals surface area contributed by atoms with E-state index in [1.54, 1.807) is 42.5 Å². The van der Waals surface area contributed by atoms with Crippen LogP contribution in [0.15, 0.2) is 54.7 Å². The molecule has 30 heavy (non-hydrogen) atoms. The lowest BCUT2D eigenvalue weighted by Gasteiger charge is -2.29. The first kappa shape index (κ1) is 20.3. The summed E-state index contributed by atoms with van der Waals surface area (Å²) in [4.78, 5) is 19.2. The van der Waals surface area contributed by atoms with Crippen LogP contribution >= 0.6 is 23.2 Å². The molecule has 0 N–H and O–H groups in total. The van der Waals surface area contributed by atoms with E-state index in [0.29, 0.717) is 52.1 Å². The molecule has 150 valence electrons. The molecule has 0 atom stereocenters. The molecule has 0 saturated heterocycles. The quantitative estimate of drug-likeness (QED) is 0.531. The van der Waals surface area contributed by atoms with Crippen LogP contribution in [0.1, 0.15) is 32.7 Å². The highest BCUT2D eigenvalue weighted by molar-refractivity contribution is 6.35. The second-order valence-electron chi connectivity index (χ2n) is 6.88. The van der Waals surface area contributed by atoms with E-state index in [2.05, 4.69) is 16.8 Å². The molecule has 1 aliphatic rings. The molecule has 4 rings (SSSR count). The van der Waals surface area contributed by atoms with Crippen LogP contribution in [0.4, 0.5) is 0 Å². The molecule has 0 unspecified atom stereocenters. The lowest BCUT2D eigenvalue weighted by Crippen LogP contribution is -2.36. The second-order valence-corrected chi connectivity index (χ2v) is 7.73. The van der Waals surface area contributed by atoms with Gasteiger partial charge in [-0.15, -0.1) is 0 Å². The number of carbonyl (C=O) groups excluding carboxylic acids is 1. The van der Waals surface area contributed by atoms with E-state index in [4.69, 9.17) is 27.9 Å². The Hall–Kier alpha value is -3.00. The van der Waals surface area contributed by atoms with Crippen molar-refractivity contribution in [3.63, 3.8) is 0 Å². The van der Waals surface area contributed by atoms with Gasteiger partial charge in [0.1, 0.15) is 11.4 Å². The van der Waals surface area contributed by atoms with Gasteiger partial charge in [0.2, 0.25) is 0 Å². The first-order valence-electron chi connectivity index (χ1n) is 9.42. The van der Waals surface area contributed by atoms with Gasteiger partial charge in [-0.05, 0) is 65.9 Å². The second kappa shape index (κ2) is 8.79. The van der Waals surface area contributed by atoms with Gasteiger partial charge in [0.15, 0.2) is 0 Å². The van der Waals surface area contributed by atoms with Crippen molar-refractivity contribution >= 4 is 29.1 Å². The Balaban J connectivity index is 1.61. The molecular weight excluding hydrogens is 419 g/mol. The number of pyridine rings is 1. The minimum Gasteiger partial charge on any atom is -0.495 e. The summed E-state index contributed by atoms with van der Waals surface area (Å²) in [5.74, 6) is 6.62. The van der Waals surface area contributed by atoms with Gasteiger partial charge in [-0.2, -0.15) is 0 Å². The molecule has 2 heterocycles. The number of methoxy groups -OCH3 is 1. The SMILES string of the molecule is COc1ccc(C(=O)N2CCc3c(Cl)cc(Cl)cc3C2)cc1C#Cc1ccccn1. The van der Waals surface area contributed by atoms with Crippen LogP contribution in [-0.4, -0.2) is 29.4 Å². The fraction of sp³-hybridized carbons (Fsp3) is 0.167. The highest BCUT2D eigenvalue weighted by atomic mass is 35.5. The molecule has 6 heteroatoms. The van der Waals surface area contributed by atoms with Crippen LogP contribution in [0.25, 0.3) is 0 Å². The Morgan fingerprint density at radius 1 is 1.13 bits per heavy atom. The largest absolute Gasteiger partial charge is 0.495 e. The molecule has 1 amide bonds. The van der Waals surface area contributed by atoms with Crippen molar-refractivity contribution in [2.24, 2.45) is 0 Å². The maximum atomic E-state index is 13.2. The van der Waals surface area contributed by atoms with Crippen LogP contribution in [0.5, 0.6) is 5.75 Å². The number of rotatable bonds is 2. The number of carbonyl (C=O) groups is 1. The number of benzene rings is 2. The number of fused-ring (bicyclic) bond motifs is 1. The number of hydrogen-bond acceptors (Lipinski definition) is 3. The molecule has 0 spiro atoms. The highest BCUT2D eigenvalue weighted by Crippen LogP contribution is 2.30. The van der Waals surface area contributed by atoms with Crippen molar-refractivity contribution in [3.05, 3.63) is 92.7 Å². The summed E-state index contributed by atoms with van der Waals surface area (Å²) >= 11 is 12.5. The average molecular weight is 437 g/mol. The van der Waals surface area contributed by atoms with Crippen molar-refractivity contribution < 1.29 is 9.53 Å². The monoisotopic (exact) mass is 436 g/mol. The third kappa shape index (κ3) is 4.28. The molecule has 0 radical (unpaired) electrons. The van der Waals surface area contributed by atoms with Crippen molar-refractivity contribution in [1.29, 1.82) is 0 Å². The van der Waals surface area contributed by atoms with Gasteiger partial charge in [-0.1, -0.05) is 35.2 Å². The zero-order chi connectivity index (χ0) is 21.1. The van der Waals surface area contributed by atoms with Gasteiger partial charge in [-0.25, -0.2) is 4.98 Å². The molecule has 1 aromatic heterocycles. The highest BCUT2D eigenvalue weighted by Gasteiger charge is 2.24. The van der Waals surface area contributed by atoms with E-state index in [0.717, 1.165) is 11.1 Å². The molecule has 0 aliphatic carbocycles. The van der Waals surface area contributed by atoms with E-state index in [1.807, 2.05) is 24.3 Å². The lowest BCUT2D eigenvalue weighted by atomic mass is 9.98. The normalized spacial score (nSPS) is 12.6. The van der Waals surface area contributed by atoms with E-state index in [9.17, 15) is 4.79 Å². The third-order valence-corrected chi connectivity index (χ3v) is 5.52. The van der Waals surface area contributed by atoms with Crippen molar-refractivity contribution in [3.8, 4) is 17.6 Å². The Morgan fingerprint density at radius 3 is 2.77 bits per heavy atom. The minimum absolute atomic E-state index is 0.0692. The standard InChI is InChI=1S/C24H18Cl2N2O2/c1-30-23-8-6-17(12-16(23)5-7-20-4-2-3-10-27-20)24(29)28-11-9-21-18(15-28)13-19(25)14-22(21)26/h2-4,6,8,10,12-14H,9,11,15H2,1H3. The molecular formula is C24H18Cl2N2O2. The van der Waals surface area contributed by atoms with Crippen LogP contribution in [0.2, 0.25) is 10.0 Å². The van der Waals surface area contributed by atoms with E-state index < -0.39 is 0 Å². The van der Waals surface area contributed by atoms with Crippen molar-refractivity contribution in [1.82, 2.24) is 9.88 Å². The Morgan fingerprint density at radius 2 is 2.00 bits per heavy atom. The summed E-state index contributed by atoms with van der Waals surface area (Å²) in [5, 5.41) is 1.23. The van der Waals surface area contributed by atoms with Gasteiger partial charge in [-0.3, -0.25) is 4.79 Å². The van der Waals surface area contributed by atoms with Crippen LogP contribution in [0, 0.1) is 11.8 Å². The molecule has 0 fully saturated rings. The van der Waals surface area contributed by atoms with Crippen molar-refractivity contribution in [2.45, 2.75) is 13.0 Å². The van der Waals surface area contributed by atoms with Gasteiger partial charge < -0.3 is 9.64 Å². The summed E-state index contributed by atoms with van der Waals surface area (Å²) in [5.41, 5.74) is 3.88. The molecule has 2 aromatic carbocycles. The van der Waals surface area contributed by atoms with Crippen molar-refractivity contribution in [2.75, 3.05) is 13.7 Å². The average Bonchev–Trinajstić information content (AvgIpc) is 2.77. The predicted octanol–water partition coefficient (Wildman–Crippen LogP) is 5.00. The molecule has 1 aliphatic heterocycles. The summed E-state index contributed by atoms with van der Waals surface area (Å²) in [6, 6.07) is 14.4. The first-order valence-corrected chi connectivity index (χ1v) is 10.2. The van der Waals surface area contributed by atoms with E-state index in [1.165, 1.54) is 0 Å². The maximum Gasteiger partial charge on any atom is 0.254 e. The summed E-state index contributed by atoms with van der Waals surface area (Å²) in [6.07, 6.45) is 2.38. The fourth-order valence-electron chi connectivity index (χ4n) is 3.47. The summed E-state index contributed by atoms with van der Waals surface area (Å²) in [6.45, 7) is 1.06. The number of ether oxygens (including phenoxy) is 1. The minimum atomic E-state index is -0.0692. The van der Waals surface area contributed by atoms with Crippen LogP contribution in [0.3, 0.4) is 0 Å².